The van der Waals surface area contributed by atoms with E-state index in [-0.39, 0.29) is 5.91 Å². The number of para-hydroxylation sites is 1. The van der Waals surface area contributed by atoms with Crippen molar-refractivity contribution < 1.29 is 14.3 Å². The summed E-state index contributed by atoms with van der Waals surface area (Å²) in [6.45, 7) is 5.24. The third kappa shape index (κ3) is 4.17. The van der Waals surface area contributed by atoms with Gasteiger partial charge in [-0.3, -0.25) is 4.79 Å². The van der Waals surface area contributed by atoms with Crippen molar-refractivity contribution in [2.24, 2.45) is 0 Å². The molecule has 0 saturated carbocycles. The molecule has 0 aliphatic rings. The third-order valence-electron chi connectivity index (χ3n) is 5.11. The van der Waals surface area contributed by atoms with Crippen molar-refractivity contribution in [1.82, 2.24) is 14.8 Å². The maximum atomic E-state index is 13.1. The predicted octanol–water partition coefficient (Wildman–Crippen LogP) is 5.04. The van der Waals surface area contributed by atoms with Gasteiger partial charge >= 0.3 is 0 Å². The molecule has 1 N–H and O–H groups in total. The van der Waals surface area contributed by atoms with Crippen molar-refractivity contribution >= 4 is 33.7 Å². The molecule has 7 heteroatoms. The summed E-state index contributed by atoms with van der Waals surface area (Å²) in [5, 5.41) is 9.37. The Balaban J connectivity index is 1.78. The number of nitrogens with one attached hydrogen (secondary N) is 1. The van der Waals surface area contributed by atoms with Gasteiger partial charge in [-0.25, -0.2) is 9.67 Å². The molecule has 160 valence electrons. The Kier molecular flexibility index (Phi) is 6.02. The Bertz CT molecular complexity index is 1230. The van der Waals surface area contributed by atoms with Gasteiger partial charge in [0.15, 0.2) is 11.5 Å². The molecule has 2 aromatic heterocycles. The van der Waals surface area contributed by atoms with Gasteiger partial charge < -0.3 is 14.8 Å². The number of aromatic nitrogens is 3. The van der Waals surface area contributed by atoms with Crippen LogP contribution < -0.4 is 14.8 Å². The average molecular weight is 418 g/mol. The fraction of sp³-hybridized carbons (Fsp3) is 0.292. The molecule has 0 atom stereocenters. The number of hydrogen-bond donors (Lipinski definition) is 1. The van der Waals surface area contributed by atoms with E-state index in [4.69, 9.17) is 14.5 Å². The van der Waals surface area contributed by atoms with Crippen LogP contribution in [0.2, 0.25) is 0 Å². The maximum Gasteiger partial charge on any atom is 0.260 e. The molecule has 0 aliphatic carbocycles. The first kappa shape index (κ1) is 20.7. The van der Waals surface area contributed by atoms with Crippen molar-refractivity contribution in [1.29, 1.82) is 0 Å². The van der Waals surface area contributed by atoms with E-state index in [2.05, 4.69) is 17.3 Å². The molecule has 7 nitrogen and oxygen atoms in total. The highest BCUT2D eigenvalue weighted by molar-refractivity contribution is 6.10. The monoisotopic (exact) mass is 418 g/mol. The Morgan fingerprint density at radius 2 is 1.97 bits per heavy atom. The van der Waals surface area contributed by atoms with Gasteiger partial charge in [0.1, 0.15) is 11.5 Å². The van der Waals surface area contributed by atoms with Gasteiger partial charge in [-0.05, 0) is 49.7 Å². The van der Waals surface area contributed by atoms with Crippen molar-refractivity contribution in [3.8, 4) is 11.5 Å². The summed E-state index contributed by atoms with van der Waals surface area (Å²) in [4.78, 5) is 17.9. The second-order valence-electron chi connectivity index (χ2n) is 7.23. The molecule has 0 bridgehead atoms. The molecule has 31 heavy (non-hydrogen) atoms. The van der Waals surface area contributed by atoms with E-state index in [0.29, 0.717) is 23.7 Å². The first-order valence-corrected chi connectivity index (χ1v) is 10.5. The first-order chi connectivity index (χ1) is 15.1. The Hall–Kier alpha value is -3.61. The lowest BCUT2D eigenvalue weighted by atomic mass is 10.1. The normalized spacial score (nSPS) is 11.1. The van der Waals surface area contributed by atoms with E-state index in [1.54, 1.807) is 19.2 Å². The molecular formula is C24H26N4O3. The standard InChI is InChI=1S/C24H26N4O3/c1-4-6-13-28-23-19(15-16-14-17(30-3)11-12-20(16)25-23)22(27-28)26-24(29)18-9-7-8-10-21(18)31-5-2/h7-12,14-15H,4-6,13H2,1-3H3,(H,26,27,29). The third-order valence-corrected chi connectivity index (χ3v) is 5.11. The summed E-state index contributed by atoms with van der Waals surface area (Å²) < 4.78 is 12.8. The molecule has 4 rings (SSSR count). The second-order valence-corrected chi connectivity index (χ2v) is 7.23. The highest BCUT2D eigenvalue weighted by atomic mass is 16.5. The molecule has 0 aliphatic heterocycles. The minimum Gasteiger partial charge on any atom is -0.497 e. The van der Waals surface area contributed by atoms with Crippen LogP contribution >= 0.6 is 0 Å². The van der Waals surface area contributed by atoms with Crippen LogP contribution in [0.4, 0.5) is 5.82 Å². The molecular weight excluding hydrogens is 392 g/mol. The van der Waals surface area contributed by atoms with E-state index in [1.807, 2.05) is 48.0 Å². The summed E-state index contributed by atoms with van der Waals surface area (Å²) in [6, 6.07) is 15.0. The quantitative estimate of drug-likeness (QED) is 0.433. The molecule has 0 fully saturated rings. The fourth-order valence-electron chi connectivity index (χ4n) is 3.53. The number of nitrogens with zero attached hydrogens (tertiary/aromatic N) is 3. The van der Waals surface area contributed by atoms with E-state index < -0.39 is 0 Å². The molecule has 2 aromatic carbocycles. The molecule has 4 aromatic rings. The largest absolute Gasteiger partial charge is 0.497 e. The number of hydrogen-bond acceptors (Lipinski definition) is 5. The topological polar surface area (TPSA) is 78.3 Å². The van der Waals surface area contributed by atoms with Crippen LogP contribution in [0, 0.1) is 0 Å². The Morgan fingerprint density at radius 3 is 2.74 bits per heavy atom. The SMILES string of the molecule is CCCCn1nc(NC(=O)c2ccccc2OCC)c2cc3cc(OC)ccc3nc21. The van der Waals surface area contributed by atoms with Gasteiger partial charge in [-0.15, -0.1) is 0 Å². The molecule has 1 amide bonds. The zero-order chi connectivity index (χ0) is 21.8. The molecule has 0 saturated heterocycles. The van der Waals surface area contributed by atoms with Gasteiger partial charge in [-0.1, -0.05) is 25.5 Å². The van der Waals surface area contributed by atoms with Crippen molar-refractivity contribution in [3.63, 3.8) is 0 Å². The van der Waals surface area contributed by atoms with E-state index in [0.717, 1.165) is 47.1 Å². The minimum atomic E-state index is -0.267. The number of pyridine rings is 1. The average Bonchev–Trinajstić information content (AvgIpc) is 3.12. The van der Waals surface area contributed by atoms with Crippen LogP contribution in [0.15, 0.2) is 48.5 Å². The van der Waals surface area contributed by atoms with Crippen LogP contribution in [-0.2, 0) is 6.54 Å². The van der Waals surface area contributed by atoms with Crippen molar-refractivity contribution in [2.75, 3.05) is 19.0 Å². The molecule has 0 radical (unpaired) electrons. The van der Waals surface area contributed by atoms with Crippen molar-refractivity contribution in [3.05, 3.63) is 54.1 Å². The second kappa shape index (κ2) is 9.04. The smallest absolute Gasteiger partial charge is 0.260 e. The number of carbonyl (C=O) groups excluding carboxylic acids is 1. The maximum absolute atomic E-state index is 13.1. The zero-order valence-corrected chi connectivity index (χ0v) is 18.0. The summed E-state index contributed by atoms with van der Waals surface area (Å²) in [7, 11) is 1.64. The fourth-order valence-corrected chi connectivity index (χ4v) is 3.53. The number of ether oxygens (including phenoxy) is 2. The zero-order valence-electron chi connectivity index (χ0n) is 18.0. The lowest BCUT2D eigenvalue weighted by molar-refractivity contribution is 0.102. The number of fused-ring (bicyclic) bond motifs is 2. The molecule has 0 unspecified atom stereocenters. The summed E-state index contributed by atoms with van der Waals surface area (Å²) in [6.07, 6.45) is 2.01. The van der Waals surface area contributed by atoms with E-state index in [1.165, 1.54) is 0 Å². The van der Waals surface area contributed by atoms with Crippen LogP contribution in [0.3, 0.4) is 0 Å². The van der Waals surface area contributed by atoms with Crippen molar-refractivity contribution in [2.45, 2.75) is 33.2 Å². The van der Waals surface area contributed by atoms with Gasteiger partial charge in [0.2, 0.25) is 0 Å². The van der Waals surface area contributed by atoms with Crippen LogP contribution in [0.5, 0.6) is 11.5 Å². The number of unbranched alkanes of at least 4 members (excludes halogenated alkanes) is 1. The number of methoxy groups -OCH3 is 1. The minimum absolute atomic E-state index is 0.267. The number of anilines is 1. The molecule has 2 heterocycles. The van der Waals surface area contributed by atoms with Gasteiger partial charge in [-0.2, -0.15) is 5.10 Å². The van der Waals surface area contributed by atoms with Gasteiger partial charge in [0, 0.05) is 11.9 Å². The van der Waals surface area contributed by atoms with Crippen LogP contribution in [0.1, 0.15) is 37.0 Å². The number of carbonyl (C=O) groups is 1. The Labute approximate surface area is 181 Å². The number of aryl methyl sites for hydroxylation is 1. The predicted molar refractivity (Wildman–Crippen MR) is 122 cm³/mol. The van der Waals surface area contributed by atoms with E-state index >= 15 is 0 Å². The number of benzene rings is 2. The van der Waals surface area contributed by atoms with Gasteiger partial charge in [0.25, 0.3) is 5.91 Å². The van der Waals surface area contributed by atoms with Crippen LogP contribution in [0.25, 0.3) is 21.9 Å². The summed E-state index contributed by atoms with van der Waals surface area (Å²) in [5.74, 6) is 1.52. The van der Waals surface area contributed by atoms with Crippen LogP contribution in [-0.4, -0.2) is 34.4 Å². The summed E-state index contributed by atoms with van der Waals surface area (Å²) >= 11 is 0. The van der Waals surface area contributed by atoms with E-state index in [9.17, 15) is 4.79 Å². The number of rotatable bonds is 8. The van der Waals surface area contributed by atoms with Gasteiger partial charge in [0.05, 0.1) is 30.2 Å². The Morgan fingerprint density at radius 1 is 1.13 bits per heavy atom. The first-order valence-electron chi connectivity index (χ1n) is 10.5. The lowest BCUT2D eigenvalue weighted by Crippen LogP contribution is -2.14. The highest BCUT2D eigenvalue weighted by Gasteiger charge is 2.18. The highest BCUT2D eigenvalue weighted by Crippen LogP contribution is 2.29. The number of amides is 1. The summed E-state index contributed by atoms with van der Waals surface area (Å²) in [5.41, 5.74) is 2.07. The lowest BCUT2D eigenvalue weighted by Gasteiger charge is -2.09. The molecule has 0 spiro atoms.